The van der Waals surface area contributed by atoms with E-state index in [9.17, 15) is 4.79 Å². The standard InChI is InChI=1S/C9H15ClN4O2/c1-2-11-7(15)4-6-12-9-14-13-8(16-9)3-5-10/h2-6H2,1H3,(H,11,15)(H,12,14). The maximum Gasteiger partial charge on any atom is 0.315 e. The highest BCUT2D eigenvalue weighted by Crippen LogP contribution is 2.06. The average Bonchev–Trinajstić information content (AvgIpc) is 2.67. The number of nitrogens with zero attached hydrogens (tertiary/aromatic N) is 2. The van der Waals surface area contributed by atoms with E-state index in [1.165, 1.54) is 0 Å². The molecule has 1 heterocycles. The largest absolute Gasteiger partial charge is 0.408 e. The van der Waals surface area contributed by atoms with Gasteiger partial charge in [-0.05, 0) is 6.92 Å². The van der Waals surface area contributed by atoms with Gasteiger partial charge in [-0.3, -0.25) is 4.79 Å². The third-order valence-electron chi connectivity index (χ3n) is 1.78. The molecule has 7 heteroatoms. The second-order valence-corrected chi connectivity index (χ2v) is 3.45. The topological polar surface area (TPSA) is 80.0 Å². The molecule has 16 heavy (non-hydrogen) atoms. The summed E-state index contributed by atoms with van der Waals surface area (Å²) in [4.78, 5) is 11.1. The van der Waals surface area contributed by atoms with E-state index in [2.05, 4.69) is 20.8 Å². The Balaban J connectivity index is 2.23. The van der Waals surface area contributed by atoms with Crippen molar-refractivity contribution in [1.82, 2.24) is 15.5 Å². The number of rotatable bonds is 7. The lowest BCUT2D eigenvalue weighted by molar-refractivity contribution is -0.120. The Morgan fingerprint density at radius 2 is 2.31 bits per heavy atom. The van der Waals surface area contributed by atoms with Crippen LogP contribution in [0, 0.1) is 0 Å². The van der Waals surface area contributed by atoms with Crippen LogP contribution in [0.4, 0.5) is 6.01 Å². The first-order valence-corrected chi connectivity index (χ1v) is 5.68. The van der Waals surface area contributed by atoms with Crippen molar-refractivity contribution in [2.24, 2.45) is 0 Å². The number of aromatic nitrogens is 2. The number of carbonyl (C=O) groups is 1. The maximum absolute atomic E-state index is 11.1. The first-order valence-electron chi connectivity index (χ1n) is 5.15. The van der Waals surface area contributed by atoms with Crippen LogP contribution in [0.3, 0.4) is 0 Å². The second kappa shape index (κ2) is 7.05. The Labute approximate surface area is 98.8 Å². The molecule has 0 aliphatic heterocycles. The van der Waals surface area contributed by atoms with Crippen molar-refractivity contribution in [3.63, 3.8) is 0 Å². The third-order valence-corrected chi connectivity index (χ3v) is 1.97. The van der Waals surface area contributed by atoms with Gasteiger partial charge in [-0.15, -0.1) is 16.7 Å². The van der Waals surface area contributed by atoms with Gasteiger partial charge in [0, 0.05) is 31.8 Å². The second-order valence-electron chi connectivity index (χ2n) is 3.07. The van der Waals surface area contributed by atoms with E-state index in [0.29, 0.717) is 43.7 Å². The zero-order valence-corrected chi connectivity index (χ0v) is 9.88. The predicted octanol–water partition coefficient (Wildman–Crippen LogP) is 0.789. The van der Waals surface area contributed by atoms with E-state index in [-0.39, 0.29) is 5.91 Å². The van der Waals surface area contributed by atoms with Gasteiger partial charge in [-0.2, -0.15) is 0 Å². The van der Waals surface area contributed by atoms with E-state index < -0.39 is 0 Å². The zero-order valence-electron chi connectivity index (χ0n) is 9.12. The van der Waals surface area contributed by atoms with Gasteiger partial charge in [0.2, 0.25) is 11.8 Å². The Bertz CT molecular complexity index is 329. The van der Waals surface area contributed by atoms with Crippen LogP contribution in [0.1, 0.15) is 19.2 Å². The SMILES string of the molecule is CCNC(=O)CCNc1nnc(CCCl)o1. The molecule has 0 bridgehead atoms. The van der Waals surface area contributed by atoms with Gasteiger partial charge >= 0.3 is 6.01 Å². The van der Waals surface area contributed by atoms with Gasteiger partial charge < -0.3 is 15.1 Å². The molecule has 1 aromatic rings. The van der Waals surface area contributed by atoms with Gasteiger partial charge in [0.1, 0.15) is 0 Å². The molecule has 90 valence electrons. The minimum atomic E-state index is -0.00417. The summed E-state index contributed by atoms with van der Waals surface area (Å²) in [6, 6.07) is 0.324. The highest BCUT2D eigenvalue weighted by molar-refractivity contribution is 6.17. The normalized spacial score (nSPS) is 10.1. The van der Waals surface area contributed by atoms with Crippen molar-refractivity contribution in [3.05, 3.63) is 5.89 Å². The van der Waals surface area contributed by atoms with E-state index in [1.54, 1.807) is 0 Å². The zero-order chi connectivity index (χ0) is 11.8. The summed E-state index contributed by atoms with van der Waals surface area (Å²) >= 11 is 5.52. The van der Waals surface area contributed by atoms with Crippen molar-refractivity contribution in [3.8, 4) is 0 Å². The van der Waals surface area contributed by atoms with Crippen LogP contribution < -0.4 is 10.6 Å². The van der Waals surface area contributed by atoms with Gasteiger partial charge in [-0.25, -0.2) is 0 Å². The number of amides is 1. The predicted molar refractivity (Wildman–Crippen MR) is 60.5 cm³/mol. The van der Waals surface area contributed by atoms with Crippen LogP contribution in [0.25, 0.3) is 0 Å². The summed E-state index contributed by atoms with van der Waals surface area (Å²) in [5.41, 5.74) is 0. The summed E-state index contributed by atoms with van der Waals surface area (Å²) in [6.07, 6.45) is 0.924. The van der Waals surface area contributed by atoms with Crippen molar-refractivity contribution in [2.75, 3.05) is 24.3 Å². The summed E-state index contributed by atoms with van der Waals surface area (Å²) in [5.74, 6) is 0.937. The smallest absolute Gasteiger partial charge is 0.315 e. The van der Waals surface area contributed by atoms with Crippen molar-refractivity contribution < 1.29 is 9.21 Å². The lowest BCUT2D eigenvalue weighted by atomic mass is 10.4. The lowest BCUT2D eigenvalue weighted by Crippen LogP contribution is -2.24. The Morgan fingerprint density at radius 3 is 3.00 bits per heavy atom. The molecule has 0 saturated heterocycles. The van der Waals surface area contributed by atoms with Gasteiger partial charge in [-0.1, -0.05) is 5.10 Å². The van der Waals surface area contributed by atoms with E-state index >= 15 is 0 Å². The van der Waals surface area contributed by atoms with E-state index in [4.69, 9.17) is 16.0 Å². The quantitative estimate of drug-likeness (QED) is 0.696. The molecule has 2 N–H and O–H groups in total. The molecule has 0 saturated carbocycles. The first kappa shape index (κ1) is 12.8. The summed E-state index contributed by atoms with van der Waals surface area (Å²) in [6.45, 7) is 2.98. The number of alkyl halides is 1. The number of halogens is 1. The van der Waals surface area contributed by atoms with Gasteiger partial charge in [0.25, 0.3) is 0 Å². The Morgan fingerprint density at radius 1 is 1.50 bits per heavy atom. The first-order chi connectivity index (χ1) is 7.76. The van der Waals surface area contributed by atoms with Crippen LogP contribution in [-0.2, 0) is 11.2 Å². The molecule has 0 aliphatic carbocycles. The fourth-order valence-corrected chi connectivity index (χ4v) is 1.24. The molecule has 6 nitrogen and oxygen atoms in total. The van der Waals surface area contributed by atoms with E-state index in [1.807, 2.05) is 6.92 Å². The van der Waals surface area contributed by atoms with Gasteiger partial charge in [0.05, 0.1) is 0 Å². The number of carbonyl (C=O) groups excluding carboxylic acids is 1. The highest BCUT2D eigenvalue weighted by Gasteiger charge is 2.05. The van der Waals surface area contributed by atoms with Crippen LogP contribution in [0.5, 0.6) is 0 Å². The molecule has 1 aromatic heterocycles. The molecular weight excluding hydrogens is 232 g/mol. The average molecular weight is 247 g/mol. The van der Waals surface area contributed by atoms with Crippen LogP contribution in [-0.4, -0.2) is 35.1 Å². The Kier molecular flexibility index (Phi) is 5.63. The van der Waals surface area contributed by atoms with Crippen LogP contribution in [0.15, 0.2) is 4.42 Å². The molecule has 0 radical (unpaired) electrons. The molecule has 0 fully saturated rings. The fourth-order valence-electron chi connectivity index (χ4n) is 1.08. The van der Waals surface area contributed by atoms with E-state index in [0.717, 1.165) is 0 Å². The minimum absolute atomic E-state index is 0.00417. The number of nitrogens with one attached hydrogen (secondary N) is 2. The summed E-state index contributed by atoms with van der Waals surface area (Å²) in [5, 5.41) is 13.1. The van der Waals surface area contributed by atoms with Crippen LogP contribution >= 0.6 is 11.6 Å². The summed E-state index contributed by atoms with van der Waals surface area (Å²) < 4.78 is 5.22. The molecule has 0 atom stereocenters. The summed E-state index contributed by atoms with van der Waals surface area (Å²) in [7, 11) is 0. The van der Waals surface area contributed by atoms with Gasteiger partial charge in [0.15, 0.2) is 0 Å². The fraction of sp³-hybridized carbons (Fsp3) is 0.667. The lowest BCUT2D eigenvalue weighted by Gasteiger charge is -2.01. The molecule has 0 unspecified atom stereocenters. The molecule has 1 amide bonds. The minimum Gasteiger partial charge on any atom is -0.408 e. The number of hydrogen-bond acceptors (Lipinski definition) is 5. The molecule has 0 aromatic carbocycles. The van der Waals surface area contributed by atoms with Crippen LogP contribution in [0.2, 0.25) is 0 Å². The molecule has 1 rings (SSSR count). The molecular formula is C9H15ClN4O2. The maximum atomic E-state index is 11.1. The molecule has 0 aliphatic rings. The highest BCUT2D eigenvalue weighted by atomic mass is 35.5. The monoisotopic (exact) mass is 246 g/mol. The number of hydrogen-bond donors (Lipinski definition) is 2. The van der Waals surface area contributed by atoms with Crippen molar-refractivity contribution in [1.29, 1.82) is 0 Å². The molecule has 0 spiro atoms. The number of anilines is 1. The number of aryl methyl sites for hydroxylation is 1. The van der Waals surface area contributed by atoms with Crippen molar-refractivity contribution >= 4 is 23.5 Å². The third kappa shape index (κ3) is 4.48. The van der Waals surface area contributed by atoms with Crippen molar-refractivity contribution in [2.45, 2.75) is 19.8 Å². The Hall–Kier alpha value is -1.30.